The maximum absolute atomic E-state index is 14.3. The van der Waals surface area contributed by atoms with Gasteiger partial charge in [-0.3, -0.25) is 9.59 Å². The van der Waals surface area contributed by atoms with Crippen molar-refractivity contribution >= 4 is 23.9 Å². The highest BCUT2D eigenvalue weighted by atomic mass is 16.3. The normalized spacial score (nSPS) is 19.4. The Bertz CT molecular complexity index is 2700. The first kappa shape index (κ1) is 47.9. The van der Waals surface area contributed by atoms with Gasteiger partial charge in [-0.05, 0) is 97.9 Å². The van der Waals surface area contributed by atoms with Crippen molar-refractivity contribution in [2.45, 2.75) is 87.7 Å². The molecule has 370 valence electrons. The van der Waals surface area contributed by atoms with Gasteiger partial charge in [-0.25, -0.2) is 19.6 Å². The highest BCUT2D eigenvalue weighted by Crippen LogP contribution is 2.36. The van der Waals surface area contributed by atoms with E-state index in [0.29, 0.717) is 87.7 Å². The van der Waals surface area contributed by atoms with E-state index >= 15 is 0 Å². The summed E-state index contributed by atoms with van der Waals surface area (Å²) in [4.78, 5) is 78.8. The van der Waals surface area contributed by atoms with Crippen LogP contribution < -0.4 is 10.6 Å². The van der Waals surface area contributed by atoms with Crippen LogP contribution in [0.4, 0.5) is 9.59 Å². The molecule has 0 radical (unpaired) electrons. The van der Waals surface area contributed by atoms with Gasteiger partial charge in [-0.1, -0.05) is 96.8 Å². The summed E-state index contributed by atoms with van der Waals surface area (Å²) in [5.74, 6) is 7.57. The maximum Gasteiger partial charge on any atom is 0.318 e. The van der Waals surface area contributed by atoms with Gasteiger partial charge in [0.15, 0.2) is 0 Å². The van der Waals surface area contributed by atoms with Crippen molar-refractivity contribution in [3.63, 3.8) is 0 Å². The van der Waals surface area contributed by atoms with Gasteiger partial charge >= 0.3 is 12.1 Å². The summed E-state index contributed by atoms with van der Waals surface area (Å²) in [6.07, 6.45) is 7.91. The quantitative estimate of drug-likeness (QED) is 0.0787. The van der Waals surface area contributed by atoms with Crippen LogP contribution in [0.3, 0.4) is 0 Å². The van der Waals surface area contributed by atoms with Crippen LogP contribution >= 0.6 is 0 Å². The minimum atomic E-state index is -0.864. The summed E-state index contributed by atoms with van der Waals surface area (Å²) in [6, 6.07) is 31.6. The minimum absolute atomic E-state index is 0.184. The lowest BCUT2D eigenvalue weighted by Gasteiger charge is -2.33. The van der Waals surface area contributed by atoms with Crippen LogP contribution in [0.2, 0.25) is 0 Å². The second-order valence-corrected chi connectivity index (χ2v) is 19.2. The summed E-state index contributed by atoms with van der Waals surface area (Å²) in [5, 5.41) is 25.9. The van der Waals surface area contributed by atoms with Gasteiger partial charge in [0.1, 0.15) is 23.7 Å². The Balaban J connectivity index is 0.765. The van der Waals surface area contributed by atoms with Crippen LogP contribution in [0, 0.1) is 11.8 Å². The summed E-state index contributed by atoms with van der Waals surface area (Å²) in [6.45, 7) is 2.84. The van der Waals surface area contributed by atoms with E-state index in [4.69, 9.17) is 9.97 Å². The van der Waals surface area contributed by atoms with E-state index in [2.05, 4.69) is 32.4 Å². The lowest BCUT2D eigenvalue weighted by atomic mass is 10.0. The summed E-state index contributed by atoms with van der Waals surface area (Å²) >= 11 is 0. The van der Waals surface area contributed by atoms with Crippen molar-refractivity contribution in [1.82, 2.24) is 50.2 Å². The number of rotatable bonds is 10. The first-order valence-corrected chi connectivity index (χ1v) is 25.2. The summed E-state index contributed by atoms with van der Waals surface area (Å²) in [7, 11) is 0. The average molecular weight is 969 g/mol. The van der Waals surface area contributed by atoms with Gasteiger partial charge in [0.2, 0.25) is 11.8 Å². The van der Waals surface area contributed by atoms with Crippen LogP contribution in [-0.2, 0) is 9.59 Å². The predicted molar refractivity (Wildman–Crippen MR) is 270 cm³/mol. The number of aromatic amines is 2. The standard InChI is InChI=1S/C56H60N10O6/c67-43-25-31-63(32-26-43)55(71)61-49(41-9-3-1-4-10-41)53(69)65-29-7-13-47(65)51-57-35-45(59-51)39-21-17-37(18-22-39)15-16-38-19-23-40(24-20-38)46-36-58-52(60-46)48-14-8-30-66(48)54(70)50(42-11-5-2-6-12-42)62-56(72)64-33-27-44(68)28-34-64/h1-6,9-12,17-24,35-36,43-44,47-50,67-68H,7-8,13-14,25-34H2,(H,57,59)(H,58,60)(H,61,71)(H,62,72). The Kier molecular flexibility index (Phi) is 14.5. The lowest BCUT2D eigenvalue weighted by molar-refractivity contribution is -0.135. The molecule has 4 aliphatic heterocycles. The van der Waals surface area contributed by atoms with Crippen molar-refractivity contribution in [3.8, 4) is 34.4 Å². The van der Waals surface area contributed by atoms with E-state index in [1.165, 1.54) is 0 Å². The number of imidazole rings is 2. The predicted octanol–water partition coefficient (Wildman–Crippen LogP) is 7.01. The number of likely N-dealkylation sites (tertiary alicyclic amines) is 4. The molecule has 4 saturated heterocycles. The molecule has 6 N–H and O–H groups in total. The third-order valence-corrected chi connectivity index (χ3v) is 14.4. The molecule has 16 heteroatoms. The van der Waals surface area contributed by atoms with E-state index in [0.717, 1.165) is 59.3 Å². The molecule has 0 bridgehead atoms. The molecule has 0 spiro atoms. The average Bonchev–Trinajstić information content (AvgIpc) is 4.28. The zero-order chi connectivity index (χ0) is 49.6. The molecule has 72 heavy (non-hydrogen) atoms. The number of nitrogens with zero attached hydrogens (tertiary/aromatic N) is 6. The smallest absolute Gasteiger partial charge is 0.318 e. The fraction of sp³-hybridized carbons (Fsp3) is 0.357. The number of aliphatic hydroxyl groups excluding tert-OH is 2. The second kappa shape index (κ2) is 21.7. The van der Waals surface area contributed by atoms with Crippen LogP contribution in [0.5, 0.6) is 0 Å². The number of urea groups is 2. The molecule has 0 aliphatic carbocycles. The number of hydrogen-bond acceptors (Lipinski definition) is 8. The molecular weight excluding hydrogens is 909 g/mol. The fourth-order valence-electron chi connectivity index (χ4n) is 10.3. The number of benzene rings is 4. The molecule has 16 nitrogen and oxygen atoms in total. The van der Waals surface area contributed by atoms with Gasteiger partial charge in [0.25, 0.3) is 0 Å². The number of amides is 6. The van der Waals surface area contributed by atoms with Gasteiger partial charge in [-0.2, -0.15) is 0 Å². The zero-order valence-electron chi connectivity index (χ0n) is 40.1. The molecule has 4 atom stereocenters. The molecule has 4 aliphatic rings. The topological polar surface area (TPSA) is 203 Å². The van der Waals surface area contributed by atoms with E-state index in [1.54, 1.807) is 22.2 Å². The minimum Gasteiger partial charge on any atom is -0.393 e. The largest absolute Gasteiger partial charge is 0.393 e. The van der Waals surface area contributed by atoms with Crippen molar-refractivity contribution in [2.24, 2.45) is 0 Å². The van der Waals surface area contributed by atoms with E-state index in [9.17, 15) is 29.4 Å². The number of carbonyl (C=O) groups is 4. The van der Waals surface area contributed by atoms with Gasteiger partial charge in [-0.15, -0.1) is 0 Å². The molecule has 6 heterocycles. The Hall–Kier alpha value is -7.74. The summed E-state index contributed by atoms with van der Waals surface area (Å²) in [5.41, 5.74) is 6.63. The van der Waals surface area contributed by atoms with Crippen molar-refractivity contribution < 1.29 is 29.4 Å². The molecule has 4 aromatic carbocycles. The molecule has 4 fully saturated rings. The van der Waals surface area contributed by atoms with Gasteiger partial charge < -0.3 is 50.4 Å². The number of nitrogens with one attached hydrogen (secondary N) is 4. The number of piperidine rings is 2. The van der Waals surface area contributed by atoms with E-state index in [-0.39, 0.29) is 36.0 Å². The molecule has 10 rings (SSSR count). The number of aromatic nitrogens is 4. The number of aliphatic hydroxyl groups is 2. The first-order valence-electron chi connectivity index (χ1n) is 25.2. The molecule has 6 aromatic rings. The number of hydrogen-bond donors (Lipinski definition) is 6. The molecular formula is C56H60N10O6. The van der Waals surface area contributed by atoms with Crippen molar-refractivity contribution in [2.75, 3.05) is 39.3 Å². The van der Waals surface area contributed by atoms with Crippen LogP contribution in [0.25, 0.3) is 22.5 Å². The third-order valence-electron chi connectivity index (χ3n) is 14.4. The number of carbonyl (C=O) groups excluding carboxylic acids is 4. The first-order chi connectivity index (χ1) is 35.1. The summed E-state index contributed by atoms with van der Waals surface area (Å²) < 4.78 is 0. The van der Waals surface area contributed by atoms with Gasteiger partial charge in [0, 0.05) is 50.4 Å². The highest BCUT2D eigenvalue weighted by Gasteiger charge is 2.39. The molecule has 0 saturated carbocycles. The highest BCUT2D eigenvalue weighted by molar-refractivity contribution is 5.89. The third kappa shape index (κ3) is 10.8. The Morgan fingerprint density at radius 2 is 0.889 bits per heavy atom. The monoisotopic (exact) mass is 968 g/mol. The van der Waals surface area contributed by atoms with E-state index in [1.807, 2.05) is 119 Å². The van der Waals surface area contributed by atoms with Crippen molar-refractivity contribution in [3.05, 3.63) is 155 Å². The fourth-order valence-corrected chi connectivity index (χ4v) is 10.3. The SMILES string of the molecule is O=C(NC(C(=O)N1CCCC1c1ncc(-c2ccc(C#Cc3ccc(-c4cnc(C5CCCN5C(=O)C(NC(=O)N5CCC(O)CC5)c5ccccc5)[nH]4)cc3)cc2)[nH]1)c1ccccc1)N1CCC(O)CC1. The Morgan fingerprint density at radius 1 is 0.514 bits per heavy atom. The second-order valence-electron chi connectivity index (χ2n) is 19.2. The molecule has 6 amide bonds. The number of H-pyrrole nitrogens is 2. The maximum atomic E-state index is 14.3. The van der Waals surface area contributed by atoms with Gasteiger partial charge in [0.05, 0.1) is 48.1 Å². The zero-order valence-corrected chi connectivity index (χ0v) is 40.1. The van der Waals surface area contributed by atoms with E-state index < -0.39 is 24.3 Å². The van der Waals surface area contributed by atoms with Crippen LogP contribution in [0.15, 0.2) is 122 Å². The Morgan fingerprint density at radius 3 is 1.26 bits per heavy atom. The van der Waals surface area contributed by atoms with Crippen LogP contribution in [-0.4, -0.2) is 125 Å². The van der Waals surface area contributed by atoms with Crippen LogP contribution in [0.1, 0.15) is 109 Å². The lowest BCUT2D eigenvalue weighted by Crippen LogP contribution is -2.50. The van der Waals surface area contributed by atoms with Crippen molar-refractivity contribution in [1.29, 1.82) is 0 Å². The molecule has 2 aromatic heterocycles. The molecule has 4 unspecified atom stereocenters. The Labute approximate surface area is 418 Å².